The molecule has 0 radical (unpaired) electrons. The number of fused-ring (bicyclic) bond motifs is 1. The fourth-order valence-electron chi connectivity index (χ4n) is 4.70. The Bertz CT molecular complexity index is 972. The molecule has 2 N–H and O–H groups in total. The van der Waals surface area contributed by atoms with E-state index in [0.717, 1.165) is 19.5 Å². The van der Waals surface area contributed by atoms with Crippen molar-refractivity contribution >= 4 is 10.9 Å². The summed E-state index contributed by atoms with van der Waals surface area (Å²) in [5, 5.41) is 10.6. The van der Waals surface area contributed by atoms with Crippen LogP contribution in [0.3, 0.4) is 0 Å². The van der Waals surface area contributed by atoms with E-state index in [-0.39, 0.29) is 6.61 Å². The highest BCUT2D eigenvalue weighted by molar-refractivity contribution is 5.86. The Kier molecular flexibility index (Phi) is 5.40. The average molecular weight is 391 g/mol. The van der Waals surface area contributed by atoms with E-state index in [2.05, 4.69) is 58.4 Å². The van der Waals surface area contributed by atoms with Crippen molar-refractivity contribution in [3.05, 3.63) is 59.8 Å². The van der Waals surface area contributed by atoms with Gasteiger partial charge in [0, 0.05) is 35.7 Å². The number of aromatic amines is 1. The molecule has 0 unspecified atom stereocenters. The van der Waals surface area contributed by atoms with Crippen molar-refractivity contribution in [3.63, 3.8) is 0 Å². The fourth-order valence-corrected chi connectivity index (χ4v) is 4.70. The van der Waals surface area contributed by atoms with E-state index in [4.69, 9.17) is 4.74 Å². The molecular weight excluding hydrogens is 360 g/mol. The van der Waals surface area contributed by atoms with E-state index in [1.807, 2.05) is 0 Å². The lowest BCUT2D eigenvalue weighted by Crippen LogP contribution is -2.49. The second-order valence-corrected chi connectivity index (χ2v) is 8.61. The summed E-state index contributed by atoms with van der Waals surface area (Å²) in [7, 11) is 0. The van der Waals surface area contributed by atoms with Crippen LogP contribution >= 0.6 is 0 Å². The number of rotatable bonds is 7. The monoisotopic (exact) mass is 390 g/mol. The first-order chi connectivity index (χ1) is 14.3. The lowest BCUT2D eigenvalue weighted by molar-refractivity contribution is 0.0348. The minimum atomic E-state index is 0.255. The minimum absolute atomic E-state index is 0.255. The van der Waals surface area contributed by atoms with E-state index >= 15 is 0 Å². The van der Waals surface area contributed by atoms with Gasteiger partial charge in [-0.25, -0.2) is 0 Å². The van der Waals surface area contributed by atoms with Gasteiger partial charge in [0.05, 0.1) is 19.3 Å². The van der Waals surface area contributed by atoms with Gasteiger partial charge < -0.3 is 14.8 Å². The van der Waals surface area contributed by atoms with Gasteiger partial charge in [-0.15, -0.1) is 0 Å². The summed E-state index contributed by atoms with van der Waals surface area (Å²) in [6.07, 6.45) is 6.58. The first-order valence-corrected chi connectivity index (χ1v) is 11.0. The van der Waals surface area contributed by atoms with Crippen LogP contribution in [0.15, 0.2) is 48.5 Å². The van der Waals surface area contributed by atoms with Crippen LogP contribution in [-0.2, 0) is 17.9 Å². The zero-order chi connectivity index (χ0) is 19.6. The highest BCUT2D eigenvalue weighted by Gasteiger charge is 2.27. The summed E-state index contributed by atoms with van der Waals surface area (Å²) in [6.45, 7) is 2.91. The molecule has 1 atom stereocenters. The molecule has 0 spiro atoms. The normalized spacial score (nSPS) is 20.4. The molecule has 2 fully saturated rings. The Morgan fingerprint density at radius 3 is 2.66 bits per heavy atom. The van der Waals surface area contributed by atoms with Gasteiger partial charge in [0.25, 0.3) is 0 Å². The molecule has 2 aromatic carbocycles. The van der Waals surface area contributed by atoms with Crippen molar-refractivity contribution in [3.8, 4) is 11.1 Å². The predicted octanol–water partition coefficient (Wildman–Crippen LogP) is 4.86. The Morgan fingerprint density at radius 1 is 1.00 bits per heavy atom. The summed E-state index contributed by atoms with van der Waals surface area (Å²) in [6, 6.07) is 17.9. The van der Waals surface area contributed by atoms with E-state index < -0.39 is 0 Å². The first-order valence-electron chi connectivity index (χ1n) is 11.0. The number of aromatic nitrogens is 1. The van der Waals surface area contributed by atoms with Crippen LogP contribution in [0.2, 0.25) is 0 Å². The maximum atomic E-state index is 9.40. The highest BCUT2D eigenvalue weighted by atomic mass is 16.5. The van der Waals surface area contributed by atoms with Crippen LogP contribution in [0.25, 0.3) is 22.0 Å². The Morgan fingerprint density at radius 2 is 1.86 bits per heavy atom. The van der Waals surface area contributed by atoms with Crippen LogP contribution in [0.5, 0.6) is 0 Å². The van der Waals surface area contributed by atoms with Gasteiger partial charge in [-0.3, -0.25) is 4.90 Å². The molecule has 2 heterocycles. The van der Waals surface area contributed by atoms with Crippen LogP contribution in [0.1, 0.15) is 43.4 Å². The van der Waals surface area contributed by atoms with Crippen molar-refractivity contribution in [2.75, 3.05) is 13.2 Å². The SMILES string of the molecule is OC[C@H]1CCN1Cc1cc2cc(-c3cccc(COC4CCCC4)c3)ccc2[nH]1. The van der Waals surface area contributed by atoms with Crippen molar-refractivity contribution in [2.24, 2.45) is 0 Å². The molecule has 1 saturated carbocycles. The number of likely N-dealkylation sites (tertiary alicyclic amines) is 1. The molecule has 1 aliphatic carbocycles. The highest BCUT2D eigenvalue weighted by Crippen LogP contribution is 2.28. The van der Waals surface area contributed by atoms with E-state index in [1.54, 1.807) is 0 Å². The van der Waals surface area contributed by atoms with Crippen molar-refractivity contribution < 1.29 is 9.84 Å². The summed E-state index contributed by atoms with van der Waals surface area (Å²) in [5.41, 5.74) is 6.12. The third-order valence-corrected chi connectivity index (χ3v) is 6.57. The molecule has 1 aromatic heterocycles. The number of H-pyrrole nitrogens is 1. The number of aliphatic hydroxyl groups is 1. The maximum absolute atomic E-state index is 9.40. The zero-order valence-electron chi connectivity index (χ0n) is 16.9. The van der Waals surface area contributed by atoms with E-state index in [0.29, 0.717) is 18.8 Å². The molecule has 0 amide bonds. The molecule has 0 bridgehead atoms. The van der Waals surface area contributed by atoms with E-state index in [9.17, 15) is 5.11 Å². The van der Waals surface area contributed by atoms with Crippen LogP contribution < -0.4 is 0 Å². The average Bonchev–Trinajstić information content (AvgIpc) is 3.39. The smallest absolute Gasteiger partial charge is 0.0720 e. The van der Waals surface area contributed by atoms with Gasteiger partial charge >= 0.3 is 0 Å². The second kappa shape index (κ2) is 8.31. The Hall–Kier alpha value is -2.14. The van der Waals surface area contributed by atoms with Crippen molar-refractivity contribution in [2.45, 2.75) is 57.4 Å². The Labute approximate surface area is 172 Å². The molecule has 2 aliphatic rings. The van der Waals surface area contributed by atoms with Crippen LogP contribution in [0.4, 0.5) is 0 Å². The van der Waals surface area contributed by atoms with Crippen LogP contribution in [-0.4, -0.2) is 40.3 Å². The number of ether oxygens (including phenoxy) is 1. The summed E-state index contributed by atoms with van der Waals surface area (Å²) in [5.74, 6) is 0. The molecule has 1 aliphatic heterocycles. The Balaban J connectivity index is 1.31. The molecular formula is C25H30N2O2. The van der Waals surface area contributed by atoms with E-state index in [1.165, 1.54) is 59.0 Å². The van der Waals surface area contributed by atoms with Gasteiger partial charge in [-0.05, 0) is 60.2 Å². The predicted molar refractivity (Wildman–Crippen MR) is 117 cm³/mol. The molecule has 4 nitrogen and oxygen atoms in total. The van der Waals surface area contributed by atoms with Gasteiger partial charge in [0.2, 0.25) is 0 Å². The number of hydrogen-bond acceptors (Lipinski definition) is 3. The first kappa shape index (κ1) is 18.9. The largest absolute Gasteiger partial charge is 0.395 e. The number of hydrogen-bond donors (Lipinski definition) is 2. The van der Waals surface area contributed by atoms with Gasteiger partial charge in [-0.2, -0.15) is 0 Å². The van der Waals surface area contributed by atoms with Gasteiger partial charge in [-0.1, -0.05) is 37.1 Å². The minimum Gasteiger partial charge on any atom is -0.395 e. The quantitative estimate of drug-likeness (QED) is 0.606. The molecule has 1 saturated heterocycles. The fraction of sp³-hybridized carbons (Fsp3) is 0.440. The molecule has 29 heavy (non-hydrogen) atoms. The number of benzene rings is 2. The molecule has 4 heteroatoms. The maximum Gasteiger partial charge on any atom is 0.0720 e. The number of nitrogens with zero attached hydrogens (tertiary/aromatic N) is 1. The second-order valence-electron chi connectivity index (χ2n) is 8.61. The van der Waals surface area contributed by atoms with Crippen molar-refractivity contribution in [1.82, 2.24) is 9.88 Å². The molecule has 152 valence electrons. The summed E-state index contributed by atoms with van der Waals surface area (Å²) < 4.78 is 6.10. The summed E-state index contributed by atoms with van der Waals surface area (Å²) >= 11 is 0. The third-order valence-electron chi connectivity index (χ3n) is 6.57. The summed E-state index contributed by atoms with van der Waals surface area (Å²) in [4.78, 5) is 5.87. The standard InChI is InChI=1S/C25H30N2O2/c28-16-23-10-11-27(23)15-22-14-21-13-20(8-9-25(21)26-22)19-5-3-4-18(12-19)17-29-24-6-1-2-7-24/h3-5,8-9,12-14,23-24,26,28H,1-2,6-7,10-11,15-17H2/t23-/m1/s1. The lowest BCUT2D eigenvalue weighted by Gasteiger charge is -2.39. The third kappa shape index (κ3) is 4.11. The van der Waals surface area contributed by atoms with Crippen molar-refractivity contribution in [1.29, 1.82) is 0 Å². The van der Waals surface area contributed by atoms with Gasteiger partial charge in [0.1, 0.15) is 0 Å². The zero-order valence-corrected chi connectivity index (χ0v) is 16.9. The molecule has 3 aromatic rings. The number of nitrogens with one attached hydrogen (secondary N) is 1. The molecule has 5 rings (SSSR count). The van der Waals surface area contributed by atoms with Gasteiger partial charge in [0.15, 0.2) is 0 Å². The van der Waals surface area contributed by atoms with Crippen LogP contribution in [0, 0.1) is 0 Å². The number of aliphatic hydroxyl groups excluding tert-OH is 1. The lowest BCUT2D eigenvalue weighted by atomic mass is 10.0. The topological polar surface area (TPSA) is 48.5 Å².